The average molecular weight is 368 g/mol. The van der Waals surface area contributed by atoms with Gasteiger partial charge in [0.05, 0.1) is 22.9 Å². The predicted molar refractivity (Wildman–Crippen MR) is 87.8 cm³/mol. The second kappa shape index (κ2) is 6.89. The smallest absolute Gasteiger partial charge is 0.316 e. The molecule has 0 spiro atoms. The summed E-state index contributed by atoms with van der Waals surface area (Å²) in [5.41, 5.74) is 1.84. The van der Waals surface area contributed by atoms with Gasteiger partial charge in [-0.05, 0) is 35.4 Å². The van der Waals surface area contributed by atoms with Crippen molar-refractivity contribution in [3.63, 3.8) is 0 Å². The largest absolute Gasteiger partial charge is 0.461 e. The van der Waals surface area contributed by atoms with E-state index in [1.54, 1.807) is 4.68 Å². The van der Waals surface area contributed by atoms with Crippen molar-refractivity contribution in [1.29, 1.82) is 0 Å². The number of rotatable bonds is 5. The van der Waals surface area contributed by atoms with Crippen LogP contribution in [0.5, 0.6) is 0 Å². The van der Waals surface area contributed by atoms with Gasteiger partial charge in [0.15, 0.2) is 9.84 Å². The normalized spacial score (nSPS) is 19.3. The number of carbonyl (C=O) groups is 1. The fourth-order valence-electron chi connectivity index (χ4n) is 2.42. The van der Waals surface area contributed by atoms with Gasteiger partial charge in [-0.3, -0.25) is 4.79 Å². The maximum Gasteiger partial charge on any atom is 0.316 e. The zero-order valence-electron chi connectivity index (χ0n) is 13.0. The molecule has 0 bridgehead atoms. The first-order valence-corrected chi connectivity index (χ1v) is 10.1. The highest BCUT2D eigenvalue weighted by molar-refractivity contribution is 7.99. The van der Waals surface area contributed by atoms with Crippen molar-refractivity contribution >= 4 is 27.6 Å². The van der Waals surface area contributed by atoms with Crippen LogP contribution in [0.1, 0.15) is 12.0 Å². The highest BCUT2D eigenvalue weighted by atomic mass is 32.2. The Balaban J connectivity index is 1.61. The van der Waals surface area contributed by atoms with E-state index in [1.165, 1.54) is 0 Å². The molecule has 8 nitrogen and oxygen atoms in total. The fourth-order valence-corrected chi connectivity index (χ4v) is 4.67. The van der Waals surface area contributed by atoms with Crippen LogP contribution >= 0.6 is 11.8 Å². The Morgan fingerprint density at radius 1 is 1.42 bits per heavy atom. The van der Waals surface area contributed by atoms with E-state index >= 15 is 0 Å². The van der Waals surface area contributed by atoms with Crippen LogP contribution in [-0.4, -0.2) is 58.0 Å². The van der Waals surface area contributed by atoms with E-state index in [2.05, 4.69) is 15.5 Å². The Morgan fingerprint density at radius 2 is 2.21 bits per heavy atom. The summed E-state index contributed by atoms with van der Waals surface area (Å²) in [5.74, 6) is -0.474. The molecule has 0 aliphatic carbocycles. The Bertz CT molecular complexity index is 850. The number of hydrogen-bond donors (Lipinski definition) is 0. The van der Waals surface area contributed by atoms with Gasteiger partial charge < -0.3 is 4.74 Å². The van der Waals surface area contributed by atoms with Gasteiger partial charge in [-0.25, -0.2) is 8.42 Å². The quantitative estimate of drug-likeness (QED) is 0.564. The van der Waals surface area contributed by atoms with E-state index in [9.17, 15) is 13.2 Å². The maximum atomic E-state index is 11.9. The van der Waals surface area contributed by atoms with Gasteiger partial charge in [-0.1, -0.05) is 30.0 Å². The van der Waals surface area contributed by atoms with Crippen molar-refractivity contribution in [1.82, 2.24) is 20.2 Å². The fraction of sp³-hybridized carbons (Fsp3) is 0.429. The SMILES string of the molecule is Cc1ccccc1-n1nnnc1SCC(=O)O[C@@H]1CCS(=O)(=O)C1. The van der Waals surface area contributed by atoms with Gasteiger partial charge in [-0.15, -0.1) is 5.10 Å². The molecule has 3 rings (SSSR count). The molecule has 0 unspecified atom stereocenters. The molecular formula is C14H16N4O4S2. The molecule has 1 saturated heterocycles. The van der Waals surface area contributed by atoms with Crippen LogP contribution in [-0.2, 0) is 19.4 Å². The van der Waals surface area contributed by atoms with E-state index in [-0.39, 0.29) is 17.3 Å². The number of aromatic nitrogens is 4. The van der Waals surface area contributed by atoms with Crippen LogP contribution in [0, 0.1) is 6.92 Å². The summed E-state index contributed by atoms with van der Waals surface area (Å²) in [6.45, 7) is 1.94. The standard InChI is InChI=1S/C14H16N4O4S2/c1-10-4-2-3-5-12(10)18-14(15-16-17-18)23-8-13(19)22-11-6-7-24(20,21)9-11/h2-5,11H,6-9H2,1H3/t11-/m1/s1. The summed E-state index contributed by atoms with van der Waals surface area (Å²) in [4.78, 5) is 11.9. The molecule has 0 N–H and O–H groups in total. The highest BCUT2D eigenvalue weighted by Crippen LogP contribution is 2.21. The third-order valence-corrected chi connectivity index (χ3v) is 6.22. The van der Waals surface area contributed by atoms with E-state index in [0.717, 1.165) is 23.0 Å². The Hall–Kier alpha value is -1.94. The molecule has 1 aromatic carbocycles. The molecule has 2 heterocycles. The molecule has 10 heteroatoms. The number of aryl methyl sites for hydroxylation is 1. The number of tetrazole rings is 1. The summed E-state index contributed by atoms with van der Waals surface area (Å²) in [7, 11) is -3.07. The highest BCUT2D eigenvalue weighted by Gasteiger charge is 2.30. The number of carbonyl (C=O) groups excluding carboxylic acids is 1. The number of para-hydroxylation sites is 1. The third-order valence-electron chi connectivity index (χ3n) is 3.59. The van der Waals surface area contributed by atoms with Crippen LogP contribution in [0.15, 0.2) is 29.4 Å². The van der Waals surface area contributed by atoms with Crippen molar-refractivity contribution in [2.45, 2.75) is 24.6 Å². The van der Waals surface area contributed by atoms with Gasteiger partial charge in [0.25, 0.3) is 0 Å². The maximum absolute atomic E-state index is 11.9. The Labute approximate surface area is 143 Å². The van der Waals surface area contributed by atoms with E-state index in [1.807, 2.05) is 31.2 Å². The van der Waals surface area contributed by atoms with Crippen LogP contribution in [0.2, 0.25) is 0 Å². The molecule has 0 saturated carbocycles. The van der Waals surface area contributed by atoms with Crippen molar-refractivity contribution < 1.29 is 17.9 Å². The molecule has 1 aromatic heterocycles. The summed E-state index contributed by atoms with van der Waals surface area (Å²) in [6.07, 6.45) is -0.185. The van der Waals surface area contributed by atoms with Gasteiger partial charge in [-0.2, -0.15) is 4.68 Å². The summed E-state index contributed by atoms with van der Waals surface area (Å²) < 4.78 is 29.5. The molecule has 2 aromatic rings. The molecule has 24 heavy (non-hydrogen) atoms. The topological polar surface area (TPSA) is 104 Å². The lowest BCUT2D eigenvalue weighted by molar-refractivity contribution is -0.144. The van der Waals surface area contributed by atoms with Crippen LogP contribution < -0.4 is 0 Å². The predicted octanol–water partition coefficient (Wildman–Crippen LogP) is 0.793. The summed E-state index contributed by atoms with van der Waals surface area (Å²) in [6, 6.07) is 7.63. The Morgan fingerprint density at radius 3 is 2.92 bits per heavy atom. The first-order chi connectivity index (χ1) is 11.4. The number of ether oxygens (including phenoxy) is 1. The summed E-state index contributed by atoms with van der Waals surface area (Å²) in [5, 5.41) is 12.0. The number of esters is 1. The molecule has 1 fully saturated rings. The third kappa shape index (κ3) is 3.93. The number of hydrogen-bond acceptors (Lipinski definition) is 8. The van der Waals surface area contributed by atoms with Crippen LogP contribution in [0.25, 0.3) is 5.69 Å². The van der Waals surface area contributed by atoms with E-state index in [0.29, 0.717) is 11.6 Å². The first kappa shape index (κ1) is 16.9. The second-order valence-electron chi connectivity index (χ2n) is 5.46. The van der Waals surface area contributed by atoms with Gasteiger partial charge >= 0.3 is 5.97 Å². The van der Waals surface area contributed by atoms with Crippen molar-refractivity contribution in [3.8, 4) is 5.69 Å². The number of sulfone groups is 1. The van der Waals surface area contributed by atoms with Crippen LogP contribution in [0.4, 0.5) is 0 Å². The zero-order valence-corrected chi connectivity index (χ0v) is 14.6. The lowest BCUT2D eigenvalue weighted by atomic mass is 10.2. The van der Waals surface area contributed by atoms with Crippen molar-refractivity contribution in [2.75, 3.05) is 17.3 Å². The molecule has 1 aliphatic rings. The zero-order chi connectivity index (χ0) is 17.2. The molecule has 1 atom stereocenters. The average Bonchev–Trinajstić information content (AvgIpc) is 3.12. The molecule has 128 valence electrons. The second-order valence-corrected chi connectivity index (χ2v) is 8.63. The van der Waals surface area contributed by atoms with Crippen molar-refractivity contribution in [3.05, 3.63) is 29.8 Å². The Kier molecular flexibility index (Phi) is 4.86. The lowest BCUT2D eigenvalue weighted by Crippen LogP contribution is -2.20. The number of benzene rings is 1. The molecule has 0 amide bonds. The van der Waals surface area contributed by atoms with Crippen molar-refractivity contribution in [2.24, 2.45) is 0 Å². The molecule has 0 radical (unpaired) electrons. The van der Waals surface area contributed by atoms with Gasteiger partial charge in [0.2, 0.25) is 5.16 Å². The van der Waals surface area contributed by atoms with E-state index in [4.69, 9.17) is 4.74 Å². The summed E-state index contributed by atoms with van der Waals surface area (Å²) >= 11 is 1.15. The molecular weight excluding hydrogens is 352 g/mol. The minimum Gasteiger partial charge on any atom is -0.461 e. The molecule has 1 aliphatic heterocycles. The minimum absolute atomic E-state index is 0.0167. The van der Waals surface area contributed by atoms with Gasteiger partial charge in [0.1, 0.15) is 6.10 Å². The first-order valence-electron chi connectivity index (χ1n) is 7.32. The monoisotopic (exact) mass is 368 g/mol. The number of nitrogens with zero attached hydrogens (tertiary/aromatic N) is 4. The number of thioether (sulfide) groups is 1. The minimum atomic E-state index is -3.07. The van der Waals surface area contributed by atoms with Crippen LogP contribution in [0.3, 0.4) is 0 Å². The van der Waals surface area contributed by atoms with E-state index < -0.39 is 21.9 Å². The van der Waals surface area contributed by atoms with Gasteiger partial charge in [0, 0.05) is 0 Å². The lowest BCUT2D eigenvalue weighted by Gasteiger charge is -2.10.